The lowest BCUT2D eigenvalue weighted by atomic mass is 9.78. The smallest absolute Gasteiger partial charge is 0.289 e. The quantitative estimate of drug-likeness (QED) is 0.624. The second kappa shape index (κ2) is 6.54. The summed E-state index contributed by atoms with van der Waals surface area (Å²) in [5, 5.41) is 30.0. The molecule has 0 aromatic carbocycles. The maximum Gasteiger partial charge on any atom is 0.289 e. The molecule has 0 N–H and O–H groups in total. The topological polar surface area (TPSA) is 120 Å². The molecule has 8 heteroatoms. The van der Waals surface area contributed by atoms with Gasteiger partial charge in [0.1, 0.15) is 29.1 Å². The molecule has 1 fully saturated rings. The molecule has 25 heavy (non-hydrogen) atoms. The fourth-order valence-corrected chi connectivity index (χ4v) is 3.12. The van der Waals surface area contributed by atoms with E-state index in [0.717, 1.165) is 12.6 Å². The number of rotatable bonds is 3. The van der Waals surface area contributed by atoms with E-state index in [4.69, 9.17) is 0 Å². The molecule has 0 radical (unpaired) electrons. The zero-order valence-electron chi connectivity index (χ0n) is 13.3. The van der Waals surface area contributed by atoms with Crippen LogP contribution in [-0.4, -0.2) is 28.0 Å². The largest absolute Gasteiger partial charge is 0.354 e. The second-order valence-corrected chi connectivity index (χ2v) is 5.87. The number of nitriles is 2. The normalized spacial score (nSPS) is 19.7. The molecule has 8 nitrogen and oxygen atoms in total. The number of nitro groups is 1. The van der Waals surface area contributed by atoms with Crippen LogP contribution < -0.4 is 4.90 Å². The van der Waals surface area contributed by atoms with Gasteiger partial charge in [-0.1, -0.05) is 6.07 Å². The Morgan fingerprint density at radius 2 is 2.16 bits per heavy atom. The van der Waals surface area contributed by atoms with Gasteiger partial charge in [0.25, 0.3) is 5.69 Å². The number of piperidine rings is 1. The predicted molar refractivity (Wildman–Crippen MR) is 88.6 cm³/mol. The van der Waals surface area contributed by atoms with E-state index in [-0.39, 0.29) is 11.3 Å². The Hall–Kier alpha value is -3.52. The maximum atomic E-state index is 10.9. The highest BCUT2D eigenvalue weighted by atomic mass is 16.6. The number of hydrogen-bond acceptors (Lipinski definition) is 7. The van der Waals surface area contributed by atoms with Crippen LogP contribution in [0.5, 0.6) is 0 Å². The Bertz CT molecular complexity index is 886. The molecule has 2 aromatic heterocycles. The van der Waals surface area contributed by atoms with E-state index < -0.39 is 10.3 Å². The molecular weight excluding hydrogens is 320 g/mol. The standard InChI is InChI=1S/C17H14N6O2/c18-9-13-8-14(23(24)25)10-21-16(13)22-7-3-5-17(11-19,12-22)15-4-1-2-6-20-15/h1-2,4,6,8,10H,3,5,7,12H2. The lowest BCUT2D eigenvalue weighted by molar-refractivity contribution is -0.385. The molecule has 3 heterocycles. The summed E-state index contributed by atoms with van der Waals surface area (Å²) in [4.78, 5) is 20.6. The van der Waals surface area contributed by atoms with Crippen LogP contribution in [0.3, 0.4) is 0 Å². The van der Waals surface area contributed by atoms with Crippen molar-refractivity contribution in [2.45, 2.75) is 18.3 Å². The van der Waals surface area contributed by atoms with Crippen LogP contribution in [0, 0.1) is 32.8 Å². The fourth-order valence-electron chi connectivity index (χ4n) is 3.12. The zero-order chi connectivity index (χ0) is 17.9. The molecule has 0 amide bonds. The summed E-state index contributed by atoms with van der Waals surface area (Å²) in [6.07, 6.45) is 4.18. The van der Waals surface area contributed by atoms with Crippen molar-refractivity contribution in [3.63, 3.8) is 0 Å². The van der Waals surface area contributed by atoms with Crippen molar-refractivity contribution < 1.29 is 4.92 Å². The Morgan fingerprint density at radius 3 is 2.80 bits per heavy atom. The Balaban J connectivity index is 1.98. The molecule has 124 valence electrons. The van der Waals surface area contributed by atoms with E-state index >= 15 is 0 Å². The highest BCUT2D eigenvalue weighted by Crippen LogP contribution is 2.35. The first-order chi connectivity index (χ1) is 12.1. The van der Waals surface area contributed by atoms with Crippen molar-refractivity contribution in [2.24, 2.45) is 0 Å². The van der Waals surface area contributed by atoms with Gasteiger partial charge in [0.15, 0.2) is 0 Å². The van der Waals surface area contributed by atoms with Crippen LogP contribution in [0.15, 0.2) is 36.7 Å². The van der Waals surface area contributed by atoms with Gasteiger partial charge in [0.05, 0.1) is 16.7 Å². The Kier molecular flexibility index (Phi) is 4.27. The van der Waals surface area contributed by atoms with Crippen LogP contribution in [-0.2, 0) is 5.41 Å². The molecule has 0 bridgehead atoms. The van der Waals surface area contributed by atoms with Crippen molar-refractivity contribution in [1.29, 1.82) is 10.5 Å². The average molecular weight is 334 g/mol. The van der Waals surface area contributed by atoms with Gasteiger partial charge in [0, 0.05) is 25.4 Å². The predicted octanol–water partition coefficient (Wildman–Crippen LogP) is 2.32. The van der Waals surface area contributed by atoms with Crippen LogP contribution in [0.4, 0.5) is 11.5 Å². The summed E-state index contributed by atoms with van der Waals surface area (Å²) in [6, 6.07) is 11.0. The molecule has 1 aliphatic heterocycles. The molecule has 0 aliphatic carbocycles. The van der Waals surface area contributed by atoms with E-state index in [1.807, 2.05) is 23.1 Å². The summed E-state index contributed by atoms with van der Waals surface area (Å²) in [5.74, 6) is 0.364. The van der Waals surface area contributed by atoms with Crippen molar-refractivity contribution in [1.82, 2.24) is 9.97 Å². The highest BCUT2D eigenvalue weighted by Gasteiger charge is 2.39. The van der Waals surface area contributed by atoms with Gasteiger partial charge in [-0.3, -0.25) is 15.1 Å². The van der Waals surface area contributed by atoms with Crippen molar-refractivity contribution in [3.8, 4) is 12.1 Å². The van der Waals surface area contributed by atoms with Crippen molar-refractivity contribution >= 4 is 11.5 Å². The maximum absolute atomic E-state index is 10.9. The summed E-state index contributed by atoms with van der Waals surface area (Å²) in [5.41, 5.74) is -0.212. The zero-order valence-corrected chi connectivity index (χ0v) is 13.3. The Labute approximate surface area is 144 Å². The SMILES string of the molecule is N#Cc1cc([N+](=O)[O-])cnc1N1CCCC(C#N)(c2ccccn2)C1. The van der Waals surface area contributed by atoms with Crippen LogP contribution in [0.25, 0.3) is 0 Å². The molecule has 3 rings (SSSR count). The molecule has 0 saturated carbocycles. The second-order valence-electron chi connectivity index (χ2n) is 5.87. The number of nitrogens with zero attached hydrogens (tertiary/aromatic N) is 6. The first-order valence-corrected chi connectivity index (χ1v) is 7.72. The molecular formula is C17H14N6O2. The Morgan fingerprint density at radius 1 is 1.32 bits per heavy atom. The number of anilines is 1. The van der Waals surface area contributed by atoms with Crippen LogP contribution in [0.1, 0.15) is 24.1 Å². The van der Waals surface area contributed by atoms with E-state index in [1.54, 1.807) is 12.3 Å². The minimum absolute atomic E-state index is 0.129. The highest BCUT2D eigenvalue weighted by molar-refractivity contribution is 5.58. The molecule has 0 spiro atoms. The van der Waals surface area contributed by atoms with Crippen molar-refractivity contribution in [2.75, 3.05) is 18.0 Å². The first-order valence-electron chi connectivity index (χ1n) is 7.72. The van der Waals surface area contributed by atoms with Gasteiger partial charge in [-0.25, -0.2) is 4.98 Å². The van der Waals surface area contributed by atoms with Crippen molar-refractivity contribution in [3.05, 3.63) is 58.0 Å². The third-order valence-corrected chi connectivity index (χ3v) is 4.34. The minimum atomic E-state index is -0.796. The van der Waals surface area contributed by atoms with Crippen LogP contribution in [0.2, 0.25) is 0 Å². The summed E-state index contributed by atoms with van der Waals surface area (Å²) in [6.45, 7) is 0.954. The van der Waals surface area contributed by atoms with Gasteiger partial charge in [-0.15, -0.1) is 0 Å². The molecule has 1 aliphatic rings. The lowest BCUT2D eigenvalue weighted by Crippen LogP contribution is -2.46. The third-order valence-electron chi connectivity index (χ3n) is 4.34. The number of hydrogen-bond donors (Lipinski definition) is 0. The van der Waals surface area contributed by atoms with Gasteiger partial charge in [-0.05, 0) is 25.0 Å². The van der Waals surface area contributed by atoms with Gasteiger partial charge >= 0.3 is 0 Å². The number of aromatic nitrogens is 2. The lowest BCUT2D eigenvalue weighted by Gasteiger charge is -2.38. The molecule has 1 atom stereocenters. The van der Waals surface area contributed by atoms with E-state index in [1.165, 1.54) is 6.07 Å². The van der Waals surface area contributed by atoms with Gasteiger partial charge in [-0.2, -0.15) is 10.5 Å². The fraction of sp³-hybridized carbons (Fsp3) is 0.294. The monoisotopic (exact) mass is 334 g/mol. The first kappa shape index (κ1) is 16.3. The average Bonchev–Trinajstić information content (AvgIpc) is 2.68. The minimum Gasteiger partial charge on any atom is -0.354 e. The summed E-state index contributed by atoms with van der Waals surface area (Å²) in [7, 11) is 0. The summed E-state index contributed by atoms with van der Waals surface area (Å²) < 4.78 is 0. The van der Waals surface area contributed by atoms with E-state index in [0.29, 0.717) is 31.0 Å². The molecule has 1 saturated heterocycles. The third kappa shape index (κ3) is 2.98. The van der Waals surface area contributed by atoms with Crippen LogP contribution >= 0.6 is 0 Å². The van der Waals surface area contributed by atoms with E-state index in [9.17, 15) is 20.6 Å². The summed E-state index contributed by atoms with van der Waals surface area (Å²) >= 11 is 0. The molecule has 1 unspecified atom stereocenters. The van der Waals surface area contributed by atoms with Gasteiger partial charge in [0.2, 0.25) is 0 Å². The molecule has 2 aromatic rings. The van der Waals surface area contributed by atoms with E-state index in [2.05, 4.69) is 16.0 Å². The number of pyridine rings is 2. The van der Waals surface area contributed by atoms with Gasteiger partial charge < -0.3 is 4.90 Å².